The fourth-order valence-electron chi connectivity index (χ4n) is 2.15. The van der Waals surface area contributed by atoms with Gasteiger partial charge in [-0.05, 0) is 43.7 Å². The molecule has 1 aromatic heterocycles. The van der Waals surface area contributed by atoms with E-state index in [-0.39, 0.29) is 17.2 Å². The van der Waals surface area contributed by atoms with Gasteiger partial charge in [0.15, 0.2) is 0 Å². The second-order valence-electron chi connectivity index (χ2n) is 5.53. The molecule has 0 fully saturated rings. The summed E-state index contributed by atoms with van der Waals surface area (Å²) in [6.45, 7) is 6.14. The molecule has 2 atom stereocenters. The Balaban J connectivity index is 1.90. The third kappa shape index (κ3) is 5.10. The predicted octanol–water partition coefficient (Wildman–Crippen LogP) is 3.37. The van der Waals surface area contributed by atoms with Gasteiger partial charge in [0.05, 0.1) is 17.0 Å². The fourth-order valence-corrected chi connectivity index (χ4v) is 3.18. The highest BCUT2D eigenvalue weighted by atomic mass is 32.2. The number of amides is 1. The first kappa shape index (κ1) is 17.5. The van der Waals surface area contributed by atoms with Crippen LogP contribution in [0.5, 0.6) is 0 Å². The van der Waals surface area contributed by atoms with E-state index >= 15 is 0 Å². The van der Waals surface area contributed by atoms with Crippen LogP contribution in [-0.2, 0) is 4.79 Å². The minimum atomic E-state index is -0.0154. The topological polar surface area (TPSA) is 59.8 Å². The number of unbranched alkanes of at least 4 members (excludes halogenated alkanes) is 1. The van der Waals surface area contributed by atoms with E-state index in [1.807, 2.05) is 38.1 Å². The van der Waals surface area contributed by atoms with Gasteiger partial charge in [-0.3, -0.25) is 4.79 Å². The molecule has 0 saturated carbocycles. The van der Waals surface area contributed by atoms with Crippen LogP contribution in [0.1, 0.15) is 45.2 Å². The summed E-state index contributed by atoms with van der Waals surface area (Å²) in [5, 5.41) is 7.17. The van der Waals surface area contributed by atoms with E-state index in [0.717, 1.165) is 29.8 Å². The molecule has 5 nitrogen and oxygen atoms in total. The van der Waals surface area contributed by atoms with Gasteiger partial charge in [0.25, 0.3) is 0 Å². The van der Waals surface area contributed by atoms with Crippen molar-refractivity contribution in [2.24, 2.45) is 0 Å². The molecule has 23 heavy (non-hydrogen) atoms. The Morgan fingerprint density at radius 1 is 1.30 bits per heavy atom. The van der Waals surface area contributed by atoms with Gasteiger partial charge >= 0.3 is 0 Å². The van der Waals surface area contributed by atoms with Gasteiger partial charge in [-0.2, -0.15) is 5.10 Å². The Hall–Kier alpha value is -1.82. The summed E-state index contributed by atoms with van der Waals surface area (Å²) >= 11 is 1.72. The lowest BCUT2D eigenvalue weighted by Gasteiger charge is -2.18. The van der Waals surface area contributed by atoms with Crippen LogP contribution >= 0.6 is 11.8 Å². The number of hydrogen-bond acceptors (Lipinski definition) is 4. The fraction of sp³-hybridized carbons (Fsp3) is 0.471. The minimum Gasteiger partial charge on any atom is -0.349 e. The van der Waals surface area contributed by atoms with Crippen molar-refractivity contribution >= 4 is 17.7 Å². The van der Waals surface area contributed by atoms with Gasteiger partial charge in [-0.1, -0.05) is 25.5 Å². The molecule has 0 spiro atoms. The van der Waals surface area contributed by atoms with Crippen LogP contribution in [0.4, 0.5) is 0 Å². The third-order valence-corrected chi connectivity index (χ3v) is 4.91. The maximum Gasteiger partial charge on any atom is 0.233 e. The standard InChI is InChI=1S/C17H24N4OS/c1-4-5-10-23-14(3)17(22)20-13(2)15-6-8-16(9-7-15)21-12-18-11-19-21/h6-9,11-14H,4-5,10H2,1-3H3,(H,20,22). The molecule has 1 N–H and O–H groups in total. The number of thioether (sulfide) groups is 1. The molecule has 124 valence electrons. The Bertz CT molecular complexity index is 598. The Morgan fingerprint density at radius 3 is 2.65 bits per heavy atom. The van der Waals surface area contributed by atoms with E-state index in [9.17, 15) is 4.79 Å². The molecule has 2 aromatic rings. The predicted molar refractivity (Wildman–Crippen MR) is 94.7 cm³/mol. The number of carbonyl (C=O) groups excluding carboxylic acids is 1. The second-order valence-corrected chi connectivity index (χ2v) is 6.98. The first-order valence-corrected chi connectivity index (χ1v) is 9.03. The van der Waals surface area contributed by atoms with Crippen molar-refractivity contribution in [3.8, 4) is 5.69 Å². The minimum absolute atomic E-state index is 0.0125. The Kier molecular flexibility index (Phi) is 6.65. The molecule has 0 aliphatic rings. The van der Waals surface area contributed by atoms with Crippen LogP contribution in [0, 0.1) is 0 Å². The first-order chi connectivity index (χ1) is 11.1. The molecule has 0 bridgehead atoms. The van der Waals surface area contributed by atoms with Crippen LogP contribution in [0.15, 0.2) is 36.9 Å². The summed E-state index contributed by atoms with van der Waals surface area (Å²) in [6.07, 6.45) is 5.49. The zero-order valence-electron chi connectivity index (χ0n) is 13.9. The highest BCUT2D eigenvalue weighted by Crippen LogP contribution is 2.18. The molecule has 0 saturated heterocycles. The van der Waals surface area contributed by atoms with E-state index in [1.165, 1.54) is 6.33 Å². The van der Waals surface area contributed by atoms with Crippen molar-refractivity contribution in [3.05, 3.63) is 42.5 Å². The monoisotopic (exact) mass is 332 g/mol. The van der Waals surface area contributed by atoms with Crippen LogP contribution in [0.25, 0.3) is 5.69 Å². The number of aromatic nitrogens is 3. The maximum absolute atomic E-state index is 12.2. The SMILES string of the molecule is CCCCSC(C)C(=O)NC(C)c1ccc(-n2cncn2)cc1. The zero-order valence-corrected chi connectivity index (χ0v) is 14.7. The van der Waals surface area contributed by atoms with E-state index in [4.69, 9.17) is 0 Å². The summed E-state index contributed by atoms with van der Waals surface area (Å²) in [5.41, 5.74) is 2.03. The second kappa shape index (κ2) is 8.72. The summed E-state index contributed by atoms with van der Waals surface area (Å²) in [4.78, 5) is 16.2. The lowest BCUT2D eigenvalue weighted by molar-refractivity contribution is -0.120. The van der Waals surface area contributed by atoms with E-state index in [2.05, 4.69) is 22.3 Å². The van der Waals surface area contributed by atoms with E-state index in [1.54, 1.807) is 22.8 Å². The van der Waals surface area contributed by atoms with E-state index in [0.29, 0.717) is 0 Å². The van der Waals surface area contributed by atoms with Crippen molar-refractivity contribution in [3.63, 3.8) is 0 Å². The Morgan fingerprint density at radius 2 is 2.04 bits per heavy atom. The number of benzene rings is 1. The zero-order chi connectivity index (χ0) is 16.7. The maximum atomic E-state index is 12.2. The molecule has 2 unspecified atom stereocenters. The van der Waals surface area contributed by atoms with Crippen molar-refractivity contribution < 1.29 is 4.79 Å². The lowest BCUT2D eigenvalue weighted by atomic mass is 10.1. The van der Waals surface area contributed by atoms with Crippen LogP contribution < -0.4 is 5.32 Å². The molecule has 6 heteroatoms. The molecular weight excluding hydrogens is 308 g/mol. The number of nitrogens with one attached hydrogen (secondary N) is 1. The molecule has 1 heterocycles. The molecule has 1 amide bonds. The Labute approximate surface area is 141 Å². The van der Waals surface area contributed by atoms with Gasteiger partial charge in [0.2, 0.25) is 5.91 Å². The molecular formula is C17H24N4OS. The third-order valence-electron chi connectivity index (χ3n) is 3.67. The number of rotatable bonds is 8. The summed E-state index contributed by atoms with van der Waals surface area (Å²) in [5.74, 6) is 1.13. The first-order valence-electron chi connectivity index (χ1n) is 7.98. The van der Waals surface area contributed by atoms with Crippen molar-refractivity contribution in [2.45, 2.75) is 44.9 Å². The molecule has 0 aliphatic heterocycles. The van der Waals surface area contributed by atoms with Crippen LogP contribution in [0.3, 0.4) is 0 Å². The molecule has 1 aromatic carbocycles. The largest absolute Gasteiger partial charge is 0.349 e. The van der Waals surface area contributed by atoms with Crippen molar-refractivity contribution in [2.75, 3.05) is 5.75 Å². The van der Waals surface area contributed by atoms with Gasteiger partial charge < -0.3 is 5.32 Å². The van der Waals surface area contributed by atoms with Gasteiger partial charge in [-0.25, -0.2) is 9.67 Å². The average Bonchev–Trinajstić information content (AvgIpc) is 3.09. The molecule has 0 radical (unpaired) electrons. The number of nitrogens with zero attached hydrogens (tertiary/aromatic N) is 3. The lowest BCUT2D eigenvalue weighted by Crippen LogP contribution is -2.33. The summed E-state index contributed by atoms with van der Waals surface area (Å²) in [7, 11) is 0. The summed E-state index contributed by atoms with van der Waals surface area (Å²) in [6, 6.07) is 7.97. The average molecular weight is 332 g/mol. The van der Waals surface area contributed by atoms with E-state index < -0.39 is 0 Å². The van der Waals surface area contributed by atoms with Gasteiger partial charge in [-0.15, -0.1) is 11.8 Å². The number of carbonyl (C=O) groups is 1. The number of hydrogen-bond donors (Lipinski definition) is 1. The summed E-state index contributed by atoms with van der Waals surface area (Å²) < 4.78 is 1.71. The van der Waals surface area contributed by atoms with Crippen LogP contribution in [0.2, 0.25) is 0 Å². The van der Waals surface area contributed by atoms with Crippen molar-refractivity contribution in [1.82, 2.24) is 20.1 Å². The normalized spacial score (nSPS) is 13.5. The highest BCUT2D eigenvalue weighted by molar-refractivity contribution is 8.00. The molecule has 2 rings (SSSR count). The van der Waals surface area contributed by atoms with Gasteiger partial charge in [0, 0.05) is 0 Å². The smallest absolute Gasteiger partial charge is 0.233 e. The van der Waals surface area contributed by atoms with Gasteiger partial charge in [0.1, 0.15) is 12.7 Å². The highest BCUT2D eigenvalue weighted by Gasteiger charge is 2.16. The van der Waals surface area contributed by atoms with Crippen molar-refractivity contribution in [1.29, 1.82) is 0 Å². The molecule has 0 aliphatic carbocycles. The van der Waals surface area contributed by atoms with Crippen LogP contribution in [-0.4, -0.2) is 31.7 Å². The quantitative estimate of drug-likeness (QED) is 0.753.